The Hall–Kier alpha value is -3.37. The summed E-state index contributed by atoms with van der Waals surface area (Å²) in [4.78, 5) is 28.3. The van der Waals surface area contributed by atoms with E-state index in [2.05, 4.69) is 5.32 Å². The van der Waals surface area contributed by atoms with Crippen molar-refractivity contribution in [1.82, 2.24) is 10.2 Å². The number of aliphatic hydroxyl groups excluding tert-OH is 1. The van der Waals surface area contributed by atoms with Crippen LogP contribution in [0.25, 0.3) is 11.0 Å². The van der Waals surface area contributed by atoms with Gasteiger partial charge in [0.15, 0.2) is 9.84 Å². The third-order valence-electron chi connectivity index (χ3n) is 6.99. The molecule has 1 aromatic heterocycles. The third-order valence-corrected chi connectivity index (χ3v) is 8.81. The molecular weight excluding hydrogens is 575 g/mol. The number of halogens is 2. The van der Waals surface area contributed by atoms with Gasteiger partial charge in [-0.1, -0.05) is 41.4 Å². The van der Waals surface area contributed by atoms with Gasteiger partial charge in [-0.25, -0.2) is 8.42 Å². The van der Waals surface area contributed by atoms with Gasteiger partial charge in [-0.3, -0.25) is 9.59 Å². The van der Waals surface area contributed by atoms with E-state index in [0.717, 1.165) is 22.8 Å². The number of hydrogen-bond acceptors (Lipinski definition) is 6. The maximum atomic E-state index is 13.2. The van der Waals surface area contributed by atoms with Crippen molar-refractivity contribution in [2.24, 2.45) is 0 Å². The summed E-state index contributed by atoms with van der Waals surface area (Å²) in [5.41, 5.74) is 3.37. The van der Waals surface area contributed by atoms with Gasteiger partial charge in [-0.2, -0.15) is 0 Å². The highest BCUT2D eigenvalue weighted by molar-refractivity contribution is 7.90. The second-order valence-electron chi connectivity index (χ2n) is 9.81. The first-order valence-electron chi connectivity index (χ1n) is 12.5. The van der Waals surface area contributed by atoms with Crippen molar-refractivity contribution in [3.8, 4) is 0 Å². The van der Waals surface area contributed by atoms with Gasteiger partial charge in [0.2, 0.25) is 0 Å². The van der Waals surface area contributed by atoms with Crippen LogP contribution in [0.2, 0.25) is 10.0 Å². The zero-order chi connectivity index (χ0) is 28.6. The fourth-order valence-electron chi connectivity index (χ4n) is 4.91. The topological polar surface area (TPSA) is 117 Å². The van der Waals surface area contributed by atoms with Crippen molar-refractivity contribution in [1.29, 1.82) is 0 Å². The monoisotopic (exact) mass is 600 g/mol. The summed E-state index contributed by atoms with van der Waals surface area (Å²) >= 11 is 13.2. The lowest BCUT2D eigenvalue weighted by Gasteiger charge is -2.30. The Morgan fingerprint density at radius 1 is 1.12 bits per heavy atom. The molecule has 2 amide bonds. The van der Waals surface area contributed by atoms with E-state index in [9.17, 15) is 23.1 Å². The first-order valence-corrected chi connectivity index (χ1v) is 15.2. The van der Waals surface area contributed by atoms with E-state index in [4.69, 9.17) is 27.6 Å². The number of hydrogen-bond donors (Lipinski definition) is 2. The summed E-state index contributed by atoms with van der Waals surface area (Å²) in [6, 6.07) is 14.4. The predicted octanol–water partition coefficient (Wildman–Crippen LogP) is 4.68. The number of nitrogens with zero attached hydrogens (tertiary/aromatic N) is 1. The molecular formula is C29H26Cl2N2O6S. The maximum absolute atomic E-state index is 13.2. The number of rotatable bonds is 7. The summed E-state index contributed by atoms with van der Waals surface area (Å²) < 4.78 is 29.2. The highest BCUT2D eigenvalue weighted by Crippen LogP contribution is 2.35. The molecule has 5 rings (SSSR count). The fraction of sp³-hybridized carbons (Fsp3) is 0.241. The average molecular weight is 602 g/mol. The molecule has 0 spiro atoms. The van der Waals surface area contributed by atoms with E-state index >= 15 is 0 Å². The lowest BCUT2D eigenvalue weighted by Crippen LogP contribution is -2.40. The van der Waals surface area contributed by atoms with E-state index < -0.39 is 21.8 Å². The number of carbonyl (C=O) groups excluding carboxylic acids is 2. The van der Waals surface area contributed by atoms with Crippen LogP contribution >= 0.6 is 23.2 Å². The standard InChI is InChI=1S/C29H26Cl2N2O6S/c1-40(37,38)22-4-2-3-17(12-22)11-21(16-34)32-28(35)26-24(30)13-20-15-33(9-7-23(20)27(26)31)29(36)19-6-5-18-8-10-39-25(18)14-19/h2-6,8,10,12-14,21,34H,7,9,11,15-16H2,1H3,(H,32,35). The van der Waals surface area contributed by atoms with Crippen LogP contribution in [0.1, 0.15) is 37.4 Å². The summed E-state index contributed by atoms with van der Waals surface area (Å²) in [7, 11) is -3.40. The SMILES string of the molecule is CS(=O)(=O)c1cccc(CC(CO)NC(=O)c2c(Cl)cc3c(c2Cl)CCN(C(=O)c2ccc4ccoc4c2)C3)c1. The van der Waals surface area contributed by atoms with Crippen molar-refractivity contribution in [2.75, 3.05) is 19.4 Å². The number of sulfone groups is 1. The Bertz CT molecular complexity index is 1730. The Labute approximate surface area is 241 Å². The molecule has 3 aromatic carbocycles. The van der Waals surface area contributed by atoms with Crippen LogP contribution in [0, 0.1) is 0 Å². The molecule has 0 bridgehead atoms. The molecule has 0 fully saturated rings. The molecule has 208 valence electrons. The minimum absolute atomic E-state index is 0.0912. The molecule has 11 heteroatoms. The van der Waals surface area contributed by atoms with Crippen LogP contribution in [0.5, 0.6) is 0 Å². The number of benzene rings is 3. The molecule has 0 saturated heterocycles. The van der Waals surface area contributed by atoms with Gasteiger partial charge in [-0.05, 0) is 65.9 Å². The zero-order valence-electron chi connectivity index (χ0n) is 21.5. The minimum atomic E-state index is -3.40. The molecule has 0 saturated carbocycles. The minimum Gasteiger partial charge on any atom is -0.464 e. The van der Waals surface area contributed by atoms with Crippen LogP contribution < -0.4 is 5.32 Å². The lowest BCUT2D eigenvalue weighted by atomic mass is 9.95. The number of fused-ring (bicyclic) bond motifs is 2. The van der Waals surface area contributed by atoms with Crippen LogP contribution in [-0.4, -0.2) is 55.7 Å². The van der Waals surface area contributed by atoms with Crippen LogP contribution in [0.4, 0.5) is 0 Å². The fourth-order valence-corrected chi connectivity index (χ4v) is 6.37. The second kappa shape index (κ2) is 11.2. The van der Waals surface area contributed by atoms with Gasteiger partial charge in [0.05, 0.1) is 39.4 Å². The van der Waals surface area contributed by atoms with E-state index in [1.54, 1.807) is 41.5 Å². The lowest BCUT2D eigenvalue weighted by molar-refractivity contribution is 0.0734. The van der Waals surface area contributed by atoms with Crippen molar-refractivity contribution in [3.63, 3.8) is 0 Å². The third kappa shape index (κ3) is 5.74. The average Bonchev–Trinajstić information content (AvgIpc) is 3.39. The maximum Gasteiger partial charge on any atom is 0.254 e. The first kappa shape index (κ1) is 28.2. The second-order valence-corrected chi connectivity index (χ2v) is 12.6. The van der Waals surface area contributed by atoms with Crippen LogP contribution in [0.15, 0.2) is 70.2 Å². The molecule has 8 nitrogen and oxygen atoms in total. The Kier molecular flexibility index (Phi) is 7.92. The van der Waals surface area contributed by atoms with E-state index in [1.807, 2.05) is 12.1 Å². The number of amides is 2. The first-order chi connectivity index (χ1) is 19.0. The Morgan fingerprint density at radius 3 is 2.67 bits per heavy atom. The molecule has 40 heavy (non-hydrogen) atoms. The normalized spacial score (nSPS) is 14.2. The van der Waals surface area contributed by atoms with E-state index in [-0.39, 0.29) is 46.0 Å². The largest absolute Gasteiger partial charge is 0.464 e. The summed E-state index contributed by atoms with van der Waals surface area (Å²) in [5.74, 6) is -0.704. The molecule has 1 atom stereocenters. The number of nitrogens with one attached hydrogen (secondary N) is 1. The van der Waals surface area contributed by atoms with Crippen molar-refractivity contribution < 1.29 is 27.5 Å². The molecule has 2 heterocycles. The highest BCUT2D eigenvalue weighted by Gasteiger charge is 2.28. The van der Waals surface area contributed by atoms with Crippen LogP contribution in [-0.2, 0) is 29.2 Å². The van der Waals surface area contributed by atoms with E-state index in [0.29, 0.717) is 29.7 Å². The Balaban J connectivity index is 1.32. The number of furan rings is 1. The zero-order valence-corrected chi connectivity index (χ0v) is 23.8. The van der Waals surface area contributed by atoms with Gasteiger partial charge in [-0.15, -0.1) is 0 Å². The van der Waals surface area contributed by atoms with E-state index in [1.165, 1.54) is 12.1 Å². The predicted molar refractivity (Wildman–Crippen MR) is 153 cm³/mol. The summed E-state index contributed by atoms with van der Waals surface area (Å²) in [6.45, 7) is 0.303. The molecule has 1 aliphatic heterocycles. The highest BCUT2D eigenvalue weighted by atomic mass is 35.5. The Morgan fingerprint density at radius 2 is 1.93 bits per heavy atom. The van der Waals surface area contributed by atoms with Gasteiger partial charge >= 0.3 is 0 Å². The van der Waals surface area contributed by atoms with Gasteiger partial charge in [0.25, 0.3) is 11.8 Å². The molecule has 4 aromatic rings. The van der Waals surface area contributed by atoms with Gasteiger partial charge in [0.1, 0.15) is 5.58 Å². The molecule has 0 aliphatic carbocycles. The quantitative estimate of drug-likeness (QED) is 0.318. The summed E-state index contributed by atoms with van der Waals surface area (Å²) in [6.07, 6.45) is 3.33. The molecule has 1 unspecified atom stereocenters. The molecule has 0 radical (unpaired) electrons. The number of aliphatic hydroxyl groups is 1. The van der Waals surface area contributed by atoms with Gasteiger partial charge in [0, 0.05) is 30.3 Å². The van der Waals surface area contributed by atoms with Crippen LogP contribution in [0.3, 0.4) is 0 Å². The summed E-state index contributed by atoms with van der Waals surface area (Å²) in [5, 5.41) is 13.9. The van der Waals surface area contributed by atoms with Crippen molar-refractivity contribution in [2.45, 2.75) is 30.3 Å². The van der Waals surface area contributed by atoms with Gasteiger partial charge < -0.3 is 19.7 Å². The smallest absolute Gasteiger partial charge is 0.254 e. The van der Waals surface area contributed by atoms with Crippen molar-refractivity contribution >= 4 is 55.8 Å². The van der Waals surface area contributed by atoms with Crippen molar-refractivity contribution in [3.05, 3.63) is 98.7 Å². The number of carbonyl (C=O) groups is 2. The molecule has 2 N–H and O–H groups in total. The molecule has 1 aliphatic rings.